The second-order valence-corrected chi connectivity index (χ2v) is 6.23. The Kier molecular flexibility index (Phi) is 20.4. The predicted octanol–water partition coefficient (Wildman–Crippen LogP) is -6.57. The van der Waals surface area contributed by atoms with Gasteiger partial charge in [0.25, 0.3) is 0 Å². The van der Waals surface area contributed by atoms with Gasteiger partial charge in [-0.15, -0.1) is 0 Å². The molecule has 0 bridgehead atoms. The molecule has 0 spiro atoms. The van der Waals surface area contributed by atoms with E-state index >= 15 is 0 Å². The SMILES string of the molecule is [O]=[Mn](=[O])(=[O])[O-].[O]=[Mn](=[O])(=[O])[O-].[O]=[Mn](=[O])(=[O])[O-].[O]=[Mn](=[O])(=[O])[O-].[Pb+4]. The van der Waals surface area contributed by atoms with E-state index in [0.29, 0.717) is 0 Å². The molecule has 0 unspecified atom stereocenters. The van der Waals surface area contributed by atoms with Gasteiger partial charge in [0.1, 0.15) is 0 Å². The van der Waals surface area contributed by atoms with Crippen molar-refractivity contribution in [3.63, 3.8) is 0 Å². The van der Waals surface area contributed by atoms with Crippen LogP contribution in [0.15, 0.2) is 0 Å². The van der Waals surface area contributed by atoms with Crippen molar-refractivity contribution in [3.05, 3.63) is 0 Å². The molecule has 0 rings (SSSR count). The second kappa shape index (κ2) is 12.9. The van der Waals surface area contributed by atoms with Crippen LogP contribution in [0.5, 0.6) is 0 Å². The Labute approximate surface area is 140 Å². The monoisotopic (exact) mass is 684 g/mol. The maximum atomic E-state index is 8.58. The van der Waals surface area contributed by atoms with E-state index in [9.17, 15) is 0 Å². The predicted molar refractivity (Wildman–Crippen MR) is 14.0 cm³/mol. The van der Waals surface area contributed by atoms with Gasteiger partial charge in [0.05, 0.1) is 0 Å². The second-order valence-electron chi connectivity index (χ2n) is 1.51. The molecule has 128 valence electrons. The average Bonchev–Trinajstić information content (AvgIpc) is 1.62. The van der Waals surface area contributed by atoms with Crippen LogP contribution in [0.1, 0.15) is 0 Å². The van der Waals surface area contributed by atoms with E-state index in [1.807, 2.05) is 0 Å². The molecule has 0 heterocycles. The molecule has 0 atom stereocenters. The number of hydrogen-bond acceptors (Lipinski definition) is 16. The van der Waals surface area contributed by atoms with Gasteiger partial charge >= 0.3 is 142 Å². The Morgan fingerprint density at radius 2 is 0.333 bits per heavy atom. The molecule has 0 saturated carbocycles. The molecule has 0 amide bonds. The summed E-state index contributed by atoms with van der Waals surface area (Å²) < 4.78 is 137. The molecule has 16 nitrogen and oxygen atoms in total. The van der Waals surface area contributed by atoms with Gasteiger partial charge in [0, 0.05) is 0 Å². The molecule has 0 saturated heterocycles. The van der Waals surface area contributed by atoms with Gasteiger partial charge in [-0.25, -0.2) is 0 Å². The summed E-state index contributed by atoms with van der Waals surface area (Å²) in [5, 5.41) is 0. The van der Waals surface area contributed by atoms with Crippen LogP contribution in [-0.2, 0) is 97.9 Å². The fraction of sp³-hybridized carbons (Fsp3) is 0. The van der Waals surface area contributed by atoms with Crippen molar-refractivity contribution >= 4 is 27.3 Å². The molecule has 0 aliphatic carbocycles. The summed E-state index contributed by atoms with van der Waals surface area (Å²) in [5.74, 6) is 0. The van der Waals surface area contributed by atoms with Gasteiger partial charge in [-0.1, -0.05) is 0 Å². The standard InChI is InChI=1S/4Mn.16O.Pb/q;;;;;;;;;;;;;;;;4*-1;+4. The van der Waals surface area contributed by atoms with E-state index in [0.717, 1.165) is 0 Å². The molecular formula is Mn4O16Pb. The molecule has 0 N–H and O–H groups in total. The third-order valence-electron chi connectivity index (χ3n) is 0. The molecule has 0 aliphatic rings. The maximum absolute atomic E-state index is 8.58. The van der Waals surface area contributed by atoms with Crippen LogP contribution in [0, 0.1) is 0 Å². The molecular weight excluding hydrogens is 683 g/mol. The Bertz CT molecular complexity index is 673. The molecule has 0 fully saturated rings. The largest absolute Gasteiger partial charge is 4.00 e. The number of rotatable bonds is 0. The molecule has 21 heavy (non-hydrogen) atoms. The van der Waals surface area contributed by atoms with E-state index in [2.05, 4.69) is 0 Å². The van der Waals surface area contributed by atoms with Crippen LogP contribution < -0.4 is 16.8 Å². The van der Waals surface area contributed by atoms with Gasteiger partial charge in [0.2, 0.25) is 0 Å². The first-order valence-electron chi connectivity index (χ1n) is 2.47. The Morgan fingerprint density at radius 3 is 0.333 bits per heavy atom. The van der Waals surface area contributed by atoms with Crippen molar-refractivity contribution in [2.75, 3.05) is 0 Å². The quantitative estimate of drug-likeness (QED) is 0.214. The van der Waals surface area contributed by atoms with Crippen molar-refractivity contribution in [3.8, 4) is 0 Å². The van der Waals surface area contributed by atoms with Crippen molar-refractivity contribution in [1.82, 2.24) is 0 Å². The molecule has 0 aliphatic heterocycles. The van der Waals surface area contributed by atoms with Gasteiger partial charge in [0.15, 0.2) is 0 Å². The van der Waals surface area contributed by atoms with Crippen molar-refractivity contribution in [2.24, 2.45) is 0 Å². The summed E-state index contributed by atoms with van der Waals surface area (Å²) in [5.41, 5.74) is 0. The minimum Gasteiger partial charge on any atom is 4.00 e. The summed E-state index contributed by atoms with van der Waals surface area (Å²) in [7, 11) is 0. The zero-order valence-corrected chi connectivity index (χ0v) is 17.2. The van der Waals surface area contributed by atoms with Gasteiger partial charge < -0.3 is 0 Å². The average molecular weight is 683 g/mol. The number of hydrogen-bond donors (Lipinski definition) is 0. The molecule has 0 aromatic rings. The smallest absolute Gasteiger partial charge is 4.00 e. The fourth-order valence-electron chi connectivity index (χ4n) is 0. The first kappa shape index (κ1) is 33.1. The van der Waals surface area contributed by atoms with Crippen LogP contribution in [0.25, 0.3) is 0 Å². The topological polar surface area (TPSA) is 297 Å². The maximum Gasteiger partial charge on any atom is 4.00 e. The third-order valence-corrected chi connectivity index (χ3v) is 0. The van der Waals surface area contributed by atoms with Gasteiger partial charge in [-0.2, -0.15) is 0 Å². The van der Waals surface area contributed by atoms with Crippen LogP contribution in [0.4, 0.5) is 0 Å². The summed E-state index contributed by atoms with van der Waals surface area (Å²) in [6.45, 7) is 0. The molecule has 0 aromatic carbocycles. The minimum absolute atomic E-state index is 0. The van der Waals surface area contributed by atoms with Gasteiger partial charge in [-0.3, -0.25) is 0 Å². The van der Waals surface area contributed by atoms with Gasteiger partial charge in [-0.05, 0) is 0 Å². The van der Waals surface area contributed by atoms with E-state index < -0.39 is 51.9 Å². The zero-order chi connectivity index (χ0) is 18.0. The molecule has 0 radical (unpaired) electrons. The Morgan fingerprint density at radius 1 is 0.333 bits per heavy atom. The van der Waals surface area contributed by atoms with E-state index in [1.165, 1.54) is 0 Å². The first-order chi connectivity index (χ1) is 8.00. The van der Waals surface area contributed by atoms with E-state index in [1.54, 1.807) is 0 Å². The van der Waals surface area contributed by atoms with Crippen molar-refractivity contribution in [2.45, 2.75) is 0 Å². The van der Waals surface area contributed by atoms with E-state index in [-0.39, 0.29) is 27.3 Å². The Balaban J connectivity index is -0.0000000533. The summed E-state index contributed by atoms with van der Waals surface area (Å²) in [4.78, 5) is 0. The van der Waals surface area contributed by atoms with Crippen LogP contribution in [0.2, 0.25) is 0 Å². The van der Waals surface area contributed by atoms with Crippen LogP contribution in [0.3, 0.4) is 0 Å². The Hall–Kier alpha value is 0.440. The fourth-order valence-corrected chi connectivity index (χ4v) is 0. The summed E-state index contributed by atoms with van der Waals surface area (Å²) in [6, 6.07) is 0. The first-order valence-corrected chi connectivity index (χ1v) is 10.2. The summed E-state index contributed by atoms with van der Waals surface area (Å²) in [6.07, 6.45) is 0. The normalized spacial score (nSPS) is 10.9. The minimum atomic E-state index is -5.62. The molecule has 0 aromatic heterocycles. The van der Waals surface area contributed by atoms with E-state index in [4.69, 9.17) is 62.8 Å². The van der Waals surface area contributed by atoms with Crippen molar-refractivity contribution < 1.29 is 115 Å². The third kappa shape index (κ3) is 35900. The zero-order valence-electron chi connectivity index (χ0n) is 8.54. The molecule has 21 heteroatoms. The summed E-state index contributed by atoms with van der Waals surface area (Å²) >= 11 is -22.5. The van der Waals surface area contributed by atoms with Crippen LogP contribution in [-0.4, -0.2) is 27.3 Å². The van der Waals surface area contributed by atoms with Crippen molar-refractivity contribution in [1.29, 1.82) is 0 Å². The van der Waals surface area contributed by atoms with Crippen LogP contribution >= 0.6 is 0 Å².